The average Bonchev–Trinajstić information content (AvgIpc) is 3.19. The monoisotopic (exact) mass is 549 g/mol. The van der Waals surface area contributed by atoms with E-state index in [0.29, 0.717) is 60.1 Å². The summed E-state index contributed by atoms with van der Waals surface area (Å²) in [6.07, 6.45) is 3.73. The van der Waals surface area contributed by atoms with Gasteiger partial charge in [0.25, 0.3) is 0 Å². The number of fused-ring (bicyclic) bond motifs is 3. The molecule has 3 aromatic rings. The standard InChI is InChI=1S/C29H35N5O6/c1-17(35)31-21-10-8-18-15-24(38-3)28(39-4)29(40-5)27(18)19-9-11-22(23(36)16-20(19)21)30-13-6-7-26(37)32-25-12-14-34(2)33-25/h9,11-12,14-16,21H,6-8,10,13H2,1-5H3,(H,30,36)(H,31,35)(H,32,33,37)/t21-/m0/s1. The third-order valence-corrected chi connectivity index (χ3v) is 6.79. The molecule has 0 unspecified atom stereocenters. The molecule has 0 saturated carbocycles. The van der Waals surface area contributed by atoms with Crippen molar-refractivity contribution in [2.45, 2.75) is 38.6 Å². The molecule has 0 fully saturated rings. The average molecular weight is 550 g/mol. The normalized spacial score (nSPS) is 13.8. The van der Waals surface area contributed by atoms with Gasteiger partial charge in [-0.05, 0) is 54.2 Å². The predicted molar refractivity (Wildman–Crippen MR) is 152 cm³/mol. The minimum Gasteiger partial charge on any atom is -0.493 e. The molecule has 11 heteroatoms. The first kappa shape index (κ1) is 28.5. The molecule has 0 spiro atoms. The molecule has 1 heterocycles. The van der Waals surface area contributed by atoms with Crippen LogP contribution in [-0.4, -0.2) is 49.5 Å². The Morgan fingerprint density at radius 2 is 1.85 bits per heavy atom. The number of carbonyl (C=O) groups excluding carboxylic acids is 2. The number of anilines is 2. The van der Waals surface area contributed by atoms with Crippen molar-refractivity contribution in [3.05, 3.63) is 57.9 Å². The fourth-order valence-corrected chi connectivity index (χ4v) is 5.01. The number of nitrogens with zero attached hydrogens (tertiary/aromatic N) is 2. The zero-order chi connectivity index (χ0) is 28.8. The maximum atomic E-state index is 13.4. The van der Waals surface area contributed by atoms with E-state index in [1.807, 2.05) is 12.1 Å². The van der Waals surface area contributed by atoms with Crippen LogP contribution in [0.15, 0.2) is 41.3 Å². The first-order valence-corrected chi connectivity index (χ1v) is 13.1. The Bertz CT molecular complexity index is 1470. The second-order valence-electron chi connectivity index (χ2n) is 9.55. The van der Waals surface area contributed by atoms with Crippen LogP contribution in [-0.2, 0) is 23.1 Å². The van der Waals surface area contributed by atoms with Crippen molar-refractivity contribution in [2.24, 2.45) is 7.05 Å². The molecule has 1 aliphatic carbocycles. The molecule has 0 radical (unpaired) electrons. The van der Waals surface area contributed by atoms with Gasteiger partial charge in [-0.15, -0.1) is 0 Å². The lowest BCUT2D eigenvalue weighted by Crippen LogP contribution is -2.26. The van der Waals surface area contributed by atoms with Gasteiger partial charge >= 0.3 is 0 Å². The molecule has 1 atom stereocenters. The van der Waals surface area contributed by atoms with Crippen molar-refractivity contribution < 1.29 is 23.8 Å². The van der Waals surface area contributed by atoms with Gasteiger partial charge in [0.2, 0.25) is 23.0 Å². The summed E-state index contributed by atoms with van der Waals surface area (Å²) >= 11 is 0. The number of methoxy groups -OCH3 is 3. The zero-order valence-corrected chi connectivity index (χ0v) is 23.4. The van der Waals surface area contributed by atoms with Gasteiger partial charge < -0.3 is 30.2 Å². The van der Waals surface area contributed by atoms with E-state index in [1.165, 1.54) is 6.92 Å². The van der Waals surface area contributed by atoms with Crippen molar-refractivity contribution in [1.82, 2.24) is 15.1 Å². The van der Waals surface area contributed by atoms with Crippen LogP contribution >= 0.6 is 0 Å². The summed E-state index contributed by atoms with van der Waals surface area (Å²) in [5, 5.41) is 13.1. The molecule has 3 N–H and O–H groups in total. The molecule has 1 aromatic heterocycles. The number of benzene rings is 1. The van der Waals surface area contributed by atoms with Gasteiger partial charge in [-0.2, -0.15) is 5.10 Å². The van der Waals surface area contributed by atoms with E-state index in [1.54, 1.807) is 57.5 Å². The summed E-state index contributed by atoms with van der Waals surface area (Å²) in [4.78, 5) is 37.7. The topological polar surface area (TPSA) is 133 Å². The second kappa shape index (κ2) is 12.5. The quantitative estimate of drug-likeness (QED) is 0.328. The molecule has 1 aliphatic rings. The molecule has 2 amide bonds. The molecule has 212 valence electrons. The van der Waals surface area contributed by atoms with E-state index in [2.05, 4.69) is 21.0 Å². The third kappa shape index (κ3) is 6.19. The van der Waals surface area contributed by atoms with Crippen molar-refractivity contribution in [3.63, 3.8) is 0 Å². The summed E-state index contributed by atoms with van der Waals surface area (Å²) in [6, 6.07) is 8.41. The van der Waals surface area contributed by atoms with E-state index < -0.39 is 0 Å². The molecule has 0 saturated heterocycles. The molecular weight excluding hydrogens is 514 g/mol. The molecular formula is C29H35N5O6. The number of hydrogen-bond acceptors (Lipinski definition) is 8. The van der Waals surface area contributed by atoms with Crippen LogP contribution in [0.1, 0.15) is 43.4 Å². The van der Waals surface area contributed by atoms with Crippen LogP contribution in [0.3, 0.4) is 0 Å². The Morgan fingerprint density at radius 3 is 2.50 bits per heavy atom. The van der Waals surface area contributed by atoms with Gasteiger partial charge in [-0.3, -0.25) is 19.1 Å². The summed E-state index contributed by atoms with van der Waals surface area (Å²) in [5.41, 5.74) is 3.35. The first-order valence-electron chi connectivity index (χ1n) is 13.1. The number of nitrogens with one attached hydrogen (secondary N) is 3. The summed E-state index contributed by atoms with van der Waals surface area (Å²) in [6.45, 7) is 1.88. The van der Waals surface area contributed by atoms with Crippen LogP contribution in [0.2, 0.25) is 0 Å². The van der Waals surface area contributed by atoms with E-state index in [-0.39, 0.29) is 29.7 Å². The number of hydrogen-bond donors (Lipinski definition) is 3. The Labute approximate surface area is 232 Å². The lowest BCUT2D eigenvalue weighted by molar-refractivity contribution is -0.119. The second-order valence-corrected chi connectivity index (χ2v) is 9.55. The van der Waals surface area contributed by atoms with Gasteiger partial charge in [0.1, 0.15) is 0 Å². The maximum absolute atomic E-state index is 13.4. The number of aryl methyl sites for hydroxylation is 2. The Balaban J connectivity index is 1.65. The summed E-state index contributed by atoms with van der Waals surface area (Å²) < 4.78 is 18.6. The SMILES string of the molecule is COc1cc2c(c(OC)c1OC)-c1ccc(NCCCC(=O)Nc3ccn(C)n3)c(=O)cc1[C@@H](NC(C)=O)CC2. The maximum Gasteiger partial charge on any atom is 0.225 e. The van der Waals surface area contributed by atoms with Crippen molar-refractivity contribution in [1.29, 1.82) is 0 Å². The predicted octanol–water partition coefficient (Wildman–Crippen LogP) is 3.43. The Kier molecular flexibility index (Phi) is 8.93. The summed E-state index contributed by atoms with van der Waals surface area (Å²) in [5.74, 6) is 1.64. The van der Waals surface area contributed by atoms with E-state index in [0.717, 1.165) is 16.7 Å². The molecule has 2 aromatic carbocycles. The molecule has 4 rings (SSSR count). The van der Waals surface area contributed by atoms with Crippen LogP contribution in [0.4, 0.5) is 11.5 Å². The van der Waals surface area contributed by atoms with Gasteiger partial charge in [-0.25, -0.2) is 0 Å². The number of ether oxygens (including phenoxy) is 3. The first-order chi connectivity index (χ1) is 19.2. The Hall–Kier alpha value is -4.54. The molecule has 40 heavy (non-hydrogen) atoms. The van der Waals surface area contributed by atoms with Crippen LogP contribution < -0.4 is 35.6 Å². The highest BCUT2D eigenvalue weighted by Crippen LogP contribution is 2.50. The fraction of sp³-hybridized carbons (Fsp3) is 0.379. The highest BCUT2D eigenvalue weighted by molar-refractivity contribution is 5.89. The smallest absolute Gasteiger partial charge is 0.225 e. The number of aromatic nitrogens is 2. The van der Waals surface area contributed by atoms with Crippen molar-refractivity contribution >= 4 is 23.3 Å². The van der Waals surface area contributed by atoms with Crippen LogP contribution in [0.25, 0.3) is 11.1 Å². The number of carbonyl (C=O) groups is 2. The van der Waals surface area contributed by atoms with Gasteiger partial charge in [-0.1, -0.05) is 6.07 Å². The van der Waals surface area contributed by atoms with Crippen molar-refractivity contribution in [2.75, 3.05) is 38.5 Å². The minimum atomic E-state index is -0.384. The van der Waals surface area contributed by atoms with Gasteiger partial charge in [0, 0.05) is 44.8 Å². The minimum absolute atomic E-state index is 0.153. The van der Waals surface area contributed by atoms with E-state index in [4.69, 9.17) is 14.2 Å². The zero-order valence-electron chi connectivity index (χ0n) is 23.4. The van der Waals surface area contributed by atoms with E-state index in [9.17, 15) is 14.4 Å². The molecule has 0 aliphatic heterocycles. The van der Waals surface area contributed by atoms with Crippen LogP contribution in [0, 0.1) is 0 Å². The highest BCUT2D eigenvalue weighted by Gasteiger charge is 2.29. The lowest BCUT2D eigenvalue weighted by Gasteiger charge is -2.19. The largest absolute Gasteiger partial charge is 0.493 e. The lowest BCUT2D eigenvalue weighted by atomic mass is 9.95. The molecule has 11 nitrogen and oxygen atoms in total. The third-order valence-electron chi connectivity index (χ3n) is 6.79. The highest BCUT2D eigenvalue weighted by atomic mass is 16.5. The molecule has 0 bridgehead atoms. The number of rotatable bonds is 10. The summed E-state index contributed by atoms with van der Waals surface area (Å²) in [7, 11) is 6.45. The van der Waals surface area contributed by atoms with Gasteiger partial charge in [0.15, 0.2) is 17.3 Å². The number of amides is 2. The van der Waals surface area contributed by atoms with Crippen LogP contribution in [0.5, 0.6) is 17.2 Å². The van der Waals surface area contributed by atoms with E-state index >= 15 is 0 Å². The van der Waals surface area contributed by atoms with Gasteiger partial charge in [0.05, 0.1) is 33.1 Å². The van der Waals surface area contributed by atoms with Crippen molar-refractivity contribution in [3.8, 4) is 28.4 Å². The Morgan fingerprint density at radius 1 is 1.07 bits per heavy atom. The fourth-order valence-electron chi connectivity index (χ4n) is 5.01.